The summed E-state index contributed by atoms with van der Waals surface area (Å²) in [5.74, 6) is -1.41. The molecular formula is C11H12BrF2NO. The highest BCUT2D eigenvalue weighted by Gasteiger charge is 2.40. The van der Waals surface area contributed by atoms with Crippen LogP contribution in [0.15, 0.2) is 16.6 Å². The molecule has 1 atom stereocenters. The molecule has 0 saturated carbocycles. The third-order valence-electron chi connectivity index (χ3n) is 2.95. The van der Waals surface area contributed by atoms with Crippen LogP contribution in [0.3, 0.4) is 0 Å². The zero-order chi connectivity index (χ0) is 11.9. The number of rotatable bonds is 1. The number of likely N-dealkylation sites (tertiary alicyclic amines) is 1. The molecule has 0 spiro atoms. The van der Waals surface area contributed by atoms with Crippen molar-refractivity contribution in [3.05, 3.63) is 33.8 Å². The van der Waals surface area contributed by atoms with Gasteiger partial charge in [0.1, 0.15) is 17.2 Å². The molecule has 1 aliphatic heterocycles. The van der Waals surface area contributed by atoms with Crippen molar-refractivity contribution >= 4 is 15.9 Å². The SMILES string of the molecule is CN1CCC(O)(c2c(F)ccc(Br)c2F)C1. The average molecular weight is 292 g/mol. The van der Waals surface area contributed by atoms with E-state index in [2.05, 4.69) is 15.9 Å². The van der Waals surface area contributed by atoms with Gasteiger partial charge in [-0.1, -0.05) is 0 Å². The molecule has 16 heavy (non-hydrogen) atoms. The van der Waals surface area contributed by atoms with Crippen LogP contribution >= 0.6 is 15.9 Å². The Labute approximate surface area is 101 Å². The maximum atomic E-state index is 13.8. The summed E-state index contributed by atoms with van der Waals surface area (Å²) < 4.78 is 27.6. The van der Waals surface area contributed by atoms with Gasteiger partial charge in [0.2, 0.25) is 0 Å². The normalized spacial score (nSPS) is 26.3. The van der Waals surface area contributed by atoms with Gasteiger partial charge in [-0.05, 0) is 41.5 Å². The van der Waals surface area contributed by atoms with Crippen molar-refractivity contribution in [1.82, 2.24) is 4.90 Å². The van der Waals surface area contributed by atoms with Crippen LogP contribution in [-0.4, -0.2) is 30.1 Å². The molecule has 1 fully saturated rings. The number of hydrogen-bond donors (Lipinski definition) is 1. The van der Waals surface area contributed by atoms with Crippen LogP contribution in [0.5, 0.6) is 0 Å². The van der Waals surface area contributed by atoms with Crippen LogP contribution in [-0.2, 0) is 5.60 Å². The second-order valence-corrected chi connectivity index (χ2v) is 5.09. The first-order chi connectivity index (χ1) is 7.44. The van der Waals surface area contributed by atoms with Gasteiger partial charge in [0.05, 0.1) is 10.0 Å². The molecule has 0 amide bonds. The topological polar surface area (TPSA) is 23.5 Å². The van der Waals surface area contributed by atoms with E-state index in [0.29, 0.717) is 13.0 Å². The van der Waals surface area contributed by atoms with Crippen molar-refractivity contribution in [1.29, 1.82) is 0 Å². The maximum Gasteiger partial charge on any atom is 0.146 e. The molecule has 0 radical (unpaired) electrons. The molecule has 1 heterocycles. The summed E-state index contributed by atoms with van der Waals surface area (Å²) in [6.45, 7) is 0.874. The van der Waals surface area contributed by atoms with Crippen LogP contribution in [0.1, 0.15) is 12.0 Å². The maximum absolute atomic E-state index is 13.8. The lowest BCUT2D eigenvalue weighted by Crippen LogP contribution is -2.31. The van der Waals surface area contributed by atoms with Gasteiger partial charge < -0.3 is 10.0 Å². The van der Waals surface area contributed by atoms with Gasteiger partial charge in [-0.3, -0.25) is 0 Å². The summed E-state index contributed by atoms with van der Waals surface area (Å²) >= 11 is 3.00. The molecule has 0 aliphatic carbocycles. The van der Waals surface area contributed by atoms with Gasteiger partial charge >= 0.3 is 0 Å². The molecule has 1 aliphatic rings. The van der Waals surface area contributed by atoms with Gasteiger partial charge in [0.15, 0.2) is 0 Å². The number of hydrogen-bond acceptors (Lipinski definition) is 2. The molecule has 0 bridgehead atoms. The van der Waals surface area contributed by atoms with Crippen LogP contribution in [0.2, 0.25) is 0 Å². The van der Waals surface area contributed by atoms with Gasteiger partial charge in [0, 0.05) is 13.1 Å². The summed E-state index contributed by atoms with van der Waals surface area (Å²) in [6.07, 6.45) is 0.341. The van der Waals surface area contributed by atoms with Crippen molar-refractivity contribution in [2.24, 2.45) is 0 Å². The highest BCUT2D eigenvalue weighted by molar-refractivity contribution is 9.10. The lowest BCUT2D eigenvalue weighted by atomic mass is 9.92. The molecular weight excluding hydrogens is 280 g/mol. The summed E-state index contributed by atoms with van der Waals surface area (Å²) in [4.78, 5) is 1.85. The van der Waals surface area contributed by atoms with Crippen LogP contribution in [0.25, 0.3) is 0 Å². The smallest absolute Gasteiger partial charge is 0.146 e. The van der Waals surface area contributed by atoms with Crippen molar-refractivity contribution in [3.8, 4) is 0 Å². The fraction of sp³-hybridized carbons (Fsp3) is 0.455. The molecule has 2 nitrogen and oxygen atoms in total. The zero-order valence-corrected chi connectivity index (χ0v) is 10.4. The Morgan fingerprint density at radius 2 is 2.12 bits per heavy atom. The van der Waals surface area contributed by atoms with E-state index in [1.165, 1.54) is 12.1 Å². The van der Waals surface area contributed by atoms with Gasteiger partial charge in [-0.15, -0.1) is 0 Å². The summed E-state index contributed by atoms with van der Waals surface area (Å²) in [5, 5.41) is 10.3. The summed E-state index contributed by atoms with van der Waals surface area (Å²) in [7, 11) is 1.81. The first kappa shape index (κ1) is 12.0. The minimum atomic E-state index is -1.42. The summed E-state index contributed by atoms with van der Waals surface area (Å²) in [6, 6.07) is 2.47. The second-order valence-electron chi connectivity index (χ2n) is 4.24. The number of benzene rings is 1. The second kappa shape index (κ2) is 4.05. The fourth-order valence-electron chi connectivity index (χ4n) is 2.14. The Morgan fingerprint density at radius 1 is 1.44 bits per heavy atom. The number of nitrogens with zero attached hydrogens (tertiary/aromatic N) is 1. The van der Waals surface area contributed by atoms with Crippen LogP contribution < -0.4 is 0 Å². The van der Waals surface area contributed by atoms with Gasteiger partial charge in [0.25, 0.3) is 0 Å². The van der Waals surface area contributed by atoms with E-state index in [-0.39, 0.29) is 16.6 Å². The number of likely N-dealkylation sites (N-methyl/N-ethyl adjacent to an activating group) is 1. The van der Waals surface area contributed by atoms with Crippen LogP contribution in [0.4, 0.5) is 8.78 Å². The monoisotopic (exact) mass is 291 g/mol. The summed E-state index contributed by atoms with van der Waals surface area (Å²) in [5.41, 5.74) is -1.65. The zero-order valence-electron chi connectivity index (χ0n) is 8.80. The lowest BCUT2D eigenvalue weighted by Gasteiger charge is -2.24. The van der Waals surface area contributed by atoms with Gasteiger partial charge in [-0.25, -0.2) is 8.78 Å². The Kier molecular flexibility index (Phi) is 3.03. The minimum Gasteiger partial charge on any atom is -0.384 e. The Hall–Kier alpha value is -0.520. The molecule has 1 aromatic rings. The van der Waals surface area contributed by atoms with E-state index in [9.17, 15) is 13.9 Å². The Balaban J connectivity index is 2.51. The van der Waals surface area contributed by atoms with E-state index in [4.69, 9.17) is 0 Å². The van der Waals surface area contributed by atoms with Crippen molar-refractivity contribution in [3.63, 3.8) is 0 Å². The number of halogens is 3. The van der Waals surface area contributed by atoms with E-state index in [1.807, 2.05) is 11.9 Å². The molecule has 5 heteroatoms. The van der Waals surface area contributed by atoms with E-state index in [1.54, 1.807) is 0 Å². The quantitative estimate of drug-likeness (QED) is 0.803. The lowest BCUT2D eigenvalue weighted by molar-refractivity contribution is 0.0412. The van der Waals surface area contributed by atoms with Gasteiger partial charge in [-0.2, -0.15) is 0 Å². The molecule has 1 unspecified atom stereocenters. The highest BCUT2D eigenvalue weighted by atomic mass is 79.9. The first-order valence-electron chi connectivity index (χ1n) is 4.99. The minimum absolute atomic E-state index is 0.173. The molecule has 0 aromatic heterocycles. The van der Waals surface area contributed by atoms with Crippen LogP contribution in [0, 0.1) is 11.6 Å². The predicted molar refractivity (Wildman–Crippen MR) is 60.1 cm³/mol. The first-order valence-corrected chi connectivity index (χ1v) is 5.78. The molecule has 1 N–H and O–H groups in total. The molecule has 1 saturated heterocycles. The standard InChI is InChI=1S/C11H12BrF2NO/c1-15-5-4-11(16,6-15)9-8(13)3-2-7(12)10(9)14/h2-3,16H,4-6H2,1H3. The number of β-amino-alcohol motifs (C(OH)–C–C–N with tert-alkyl or cyclic N) is 1. The predicted octanol–water partition coefficient (Wildman–Crippen LogP) is 2.25. The fourth-order valence-corrected chi connectivity index (χ4v) is 2.47. The Morgan fingerprint density at radius 3 is 2.69 bits per heavy atom. The third kappa shape index (κ3) is 1.87. The third-order valence-corrected chi connectivity index (χ3v) is 3.56. The van der Waals surface area contributed by atoms with Crippen molar-refractivity contribution in [2.75, 3.05) is 20.1 Å². The van der Waals surface area contributed by atoms with Crippen molar-refractivity contribution in [2.45, 2.75) is 12.0 Å². The van der Waals surface area contributed by atoms with E-state index < -0.39 is 17.2 Å². The highest BCUT2D eigenvalue weighted by Crippen LogP contribution is 2.36. The molecule has 1 aromatic carbocycles. The largest absolute Gasteiger partial charge is 0.384 e. The van der Waals surface area contributed by atoms with E-state index in [0.717, 1.165) is 0 Å². The molecule has 88 valence electrons. The van der Waals surface area contributed by atoms with Crippen molar-refractivity contribution < 1.29 is 13.9 Å². The Bertz CT molecular complexity index is 427. The molecule has 2 rings (SSSR count). The average Bonchev–Trinajstić information content (AvgIpc) is 2.54. The number of aliphatic hydroxyl groups is 1. The van der Waals surface area contributed by atoms with E-state index >= 15 is 0 Å².